The van der Waals surface area contributed by atoms with Crippen LogP contribution in [0, 0.1) is 21.9 Å². The van der Waals surface area contributed by atoms with Crippen molar-refractivity contribution in [3.05, 3.63) is 196 Å². The number of pyridine rings is 1. The molecule has 0 amide bonds. The van der Waals surface area contributed by atoms with Crippen molar-refractivity contribution in [1.29, 1.82) is 0 Å². The van der Waals surface area contributed by atoms with Crippen LogP contribution in [-0.2, 0) is 43.0 Å². The average Bonchev–Trinajstić information content (AvgIpc) is 3.80. The zero-order valence-electron chi connectivity index (χ0n) is 39.2. The summed E-state index contributed by atoms with van der Waals surface area (Å²) < 4.78 is 14.8. The molecule has 67 heavy (non-hydrogen) atoms. The van der Waals surface area contributed by atoms with Crippen molar-refractivity contribution in [2.24, 2.45) is 5.92 Å². The topological polar surface area (TPSA) is 36.9 Å². The first kappa shape index (κ1) is 43.0. The summed E-state index contributed by atoms with van der Waals surface area (Å²) in [5.74, 6) is 2.78. The Balaban J connectivity index is 1.06. The monoisotopic (exact) mass is 1050 g/mol. The van der Waals surface area contributed by atoms with Crippen molar-refractivity contribution in [3.63, 3.8) is 0 Å². The van der Waals surface area contributed by atoms with Gasteiger partial charge in [0.25, 0.3) is 0 Å². The number of benzene rings is 7. The maximum absolute atomic E-state index is 6.76. The Morgan fingerprint density at radius 2 is 1.25 bits per heavy atom. The Morgan fingerprint density at radius 3 is 1.97 bits per heavy atom. The summed E-state index contributed by atoms with van der Waals surface area (Å²) >= 11 is 2.51. The van der Waals surface area contributed by atoms with Crippen LogP contribution in [0.2, 0.25) is 0 Å². The van der Waals surface area contributed by atoms with Gasteiger partial charge < -0.3 is 0 Å². The molecular formula is C61H54N4OPt-2. The third kappa shape index (κ3) is 7.81. The molecule has 10 aromatic rings. The molecular weight excluding hydrogens is 1000 g/mol. The van der Waals surface area contributed by atoms with Gasteiger partial charge in [-0.1, -0.05) is 13.0 Å². The molecule has 0 saturated carbocycles. The van der Waals surface area contributed by atoms with Crippen LogP contribution in [0.3, 0.4) is 0 Å². The van der Waals surface area contributed by atoms with Gasteiger partial charge in [-0.05, 0) is 42.4 Å². The summed E-state index contributed by atoms with van der Waals surface area (Å²) in [5.41, 5.74) is 16.4. The minimum atomic E-state index is -0.0344. The molecule has 3 aromatic heterocycles. The molecule has 336 valence electrons. The normalized spacial score (nSPS) is 14.3. The molecule has 3 heterocycles. The zero-order valence-corrected chi connectivity index (χ0v) is 41.5. The molecule has 7 aromatic carbocycles. The van der Waals surface area contributed by atoms with Crippen LogP contribution >= 0.6 is 0 Å². The van der Waals surface area contributed by atoms with Crippen LogP contribution in [0.1, 0.15) is 77.1 Å². The van der Waals surface area contributed by atoms with Gasteiger partial charge in [0.05, 0.1) is 0 Å². The molecule has 0 N–H and O–H groups in total. The SMILES string of the molecule is CC1CCc2cc3c(cc2C1)c1ccc(Oc2[c-]c(-n4[c](=[Pt])n(-c5c(-c6ccccc6)cccc5-c5cc(C(C)(C)C)cc(C(C)(C)C)c5)c5ccccc54)ccc2)[c-]c1n3-c1ccccn1. The number of imidazole rings is 1. The van der Waals surface area contributed by atoms with Crippen LogP contribution in [0.25, 0.3) is 72.3 Å². The summed E-state index contributed by atoms with van der Waals surface area (Å²) in [6.45, 7) is 16.2. The minimum absolute atomic E-state index is 0.0344. The molecule has 1 aliphatic carbocycles. The Kier molecular flexibility index (Phi) is 10.7. The number of aromatic nitrogens is 4. The predicted molar refractivity (Wildman–Crippen MR) is 272 cm³/mol. The van der Waals surface area contributed by atoms with Crippen molar-refractivity contribution in [2.45, 2.75) is 78.6 Å². The van der Waals surface area contributed by atoms with Gasteiger partial charge in [0.15, 0.2) is 0 Å². The molecule has 1 unspecified atom stereocenters. The summed E-state index contributed by atoms with van der Waals surface area (Å²) in [5, 5.41) is 2.36. The quantitative estimate of drug-likeness (QED) is 0.149. The number of fused-ring (bicyclic) bond motifs is 5. The van der Waals surface area contributed by atoms with E-state index in [9.17, 15) is 0 Å². The van der Waals surface area contributed by atoms with E-state index in [1.54, 1.807) is 0 Å². The number of nitrogens with zero attached hydrogens (tertiary/aromatic N) is 4. The number of para-hydroxylation sites is 3. The Morgan fingerprint density at radius 1 is 0.582 bits per heavy atom. The van der Waals surface area contributed by atoms with Gasteiger partial charge in [-0.25, -0.2) is 0 Å². The second kappa shape index (κ2) is 16.6. The first-order valence-electron chi connectivity index (χ1n) is 23.5. The first-order valence-corrected chi connectivity index (χ1v) is 24.6. The fourth-order valence-electron chi connectivity index (χ4n) is 9.96. The van der Waals surface area contributed by atoms with E-state index in [0.29, 0.717) is 17.4 Å². The van der Waals surface area contributed by atoms with E-state index in [1.165, 1.54) is 45.2 Å². The van der Waals surface area contributed by atoms with E-state index < -0.39 is 0 Å². The third-order valence-electron chi connectivity index (χ3n) is 13.6. The van der Waals surface area contributed by atoms with Gasteiger partial charge in [0, 0.05) is 6.20 Å². The molecule has 6 heteroatoms. The Bertz CT molecular complexity index is 3550. The standard InChI is InChI=1S/C61H54N4O.Pt/c1-40-26-27-42-35-56-53(34-43(42)31-40)52-29-28-49(38-57(52)65(56)58-25-13-14-30-62-58)66-48-20-15-19-47(37-48)63-39-64(55-24-12-11-23-54(55)63)59-50(41-17-9-8-10-18-41)21-16-22-51(59)44-32-45(60(2,3)4)36-46(33-44)61(5,6)7;/h8-25,28-30,32-36,40H,26-27,31H2,1-7H3;/q-2;. The van der Waals surface area contributed by atoms with Crippen LogP contribution in [0.5, 0.6) is 11.5 Å². The number of ether oxygens (including phenoxy) is 1. The summed E-state index contributed by atoms with van der Waals surface area (Å²) in [7, 11) is 0. The summed E-state index contributed by atoms with van der Waals surface area (Å²) in [6, 6.07) is 62.1. The minimum Gasteiger partial charge on any atom is -0.0570 e. The molecule has 0 spiro atoms. The molecule has 11 rings (SSSR count). The van der Waals surface area contributed by atoms with E-state index in [4.69, 9.17) is 9.72 Å². The smallest absolute Gasteiger partial charge is 0.0570 e. The fraction of sp³-hybridized carbons (Fsp3) is 0.213. The number of aryl methyl sites for hydroxylation is 1. The molecule has 0 radical (unpaired) electrons. The van der Waals surface area contributed by atoms with Crippen molar-refractivity contribution < 1.29 is 24.1 Å². The van der Waals surface area contributed by atoms with Crippen LogP contribution in [-0.4, -0.2) is 18.7 Å². The van der Waals surface area contributed by atoms with Gasteiger partial charge in [-0.3, -0.25) is 0 Å². The van der Waals surface area contributed by atoms with E-state index in [0.717, 1.165) is 72.4 Å². The van der Waals surface area contributed by atoms with Gasteiger partial charge in [0.2, 0.25) is 0 Å². The molecule has 0 bridgehead atoms. The van der Waals surface area contributed by atoms with Crippen molar-refractivity contribution in [2.75, 3.05) is 0 Å². The zero-order chi connectivity index (χ0) is 46.2. The Labute approximate surface area is 404 Å². The second-order valence-corrected chi connectivity index (χ2v) is 21.4. The van der Waals surface area contributed by atoms with Crippen LogP contribution in [0.15, 0.2) is 158 Å². The number of hydrogen-bond acceptors (Lipinski definition) is 2. The second-order valence-electron chi connectivity index (χ2n) is 20.4. The van der Waals surface area contributed by atoms with Crippen molar-refractivity contribution >= 4 is 32.8 Å². The molecule has 0 saturated heterocycles. The average molecular weight is 1050 g/mol. The van der Waals surface area contributed by atoms with E-state index in [1.807, 2.05) is 30.5 Å². The number of hydrogen-bond donors (Lipinski definition) is 0. The van der Waals surface area contributed by atoms with Gasteiger partial charge in [-0.2, -0.15) is 0 Å². The van der Waals surface area contributed by atoms with E-state index in [2.05, 4.69) is 221 Å². The summed E-state index contributed by atoms with van der Waals surface area (Å²) in [4.78, 5) is 4.82. The fourth-order valence-corrected chi connectivity index (χ4v) is 11.0. The van der Waals surface area contributed by atoms with Gasteiger partial charge in [0.1, 0.15) is 0 Å². The van der Waals surface area contributed by atoms with E-state index in [-0.39, 0.29) is 10.8 Å². The van der Waals surface area contributed by atoms with Crippen molar-refractivity contribution in [3.8, 4) is 50.9 Å². The first-order chi connectivity index (χ1) is 32.3. The summed E-state index contributed by atoms with van der Waals surface area (Å²) in [6.07, 6.45) is 5.28. The number of rotatable bonds is 7. The third-order valence-corrected chi connectivity index (χ3v) is 14.6. The Hall–Kier alpha value is -6.55. The molecule has 1 aliphatic rings. The molecule has 0 fully saturated rings. The van der Waals surface area contributed by atoms with Crippen molar-refractivity contribution in [1.82, 2.24) is 18.7 Å². The maximum atomic E-state index is 6.76. The van der Waals surface area contributed by atoms with Gasteiger partial charge in [-0.15, -0.1) is 0 Å². The van der Waals surface area contributed by atoms with Crippen LogP contribution < -0.4 is 4.74 Å². The molecule has 0 aliphatic heterocycles. The van der Waals surface area contributed by atoms with Gasteiger partial charge >= 0.3 is 346 Å². The van der Waals surface area contributed by atoms with Crippen LogP contribution in [0.4, 0.5) is 0 Å². The van der Waals surface area contributed by atoms with E-state index >= 15 is 0 Å². The molecule has 5 nitrogen and oxygen atoms in total. The molecule has 1 atom stereocenters. The predicted octanol–water partition coefficient (Wildman–Crippen LogP) is 15.4.